The van der Waals surface area contributed by atoms with E-state index < -0.39 is 185 Å². The van der Waals surface area contributed by atoms with Crippen LogP contribution in [-0.2, 0) is 68.9 Å². The number of phosphoric ester groups is 4. The molecule has 0 aromatic carbocycles. The first-order valence-electron chi connectivity index (χ1n) is 27.8. The van der Waals surface area contributed by atoms with Crippen LogP contribution in [-0.4, -0.2) is 228 Å². The van der Waals surface area contributed by atoms with Gasteiger partial charge in [-0.1, -0.05) is 0 Å². The number of imidazole rings is 4. The van der Waals surface area contributed by atoms with Crippen LogP contribution in [0.5, 0.6) is 0 Å². The molecule has 0 aliphatic carbocycles. The van der Waals surface area contributed by atoms with Gasteiger partial charge < -0.3 is 91.9 Å². The second-order valence-corrected chi connectivity index (χ2v) is 26.6. The lowest BCUT2D eigenvalue weighted by molar-refractivity contribution is -0.0648. The maximum atomic E-state index is 14.4. The fraction of sp³-hybridized carbons (Fsp3) is 0.500. The molecule has 12 heterocycles. The molecule has 12 rings (SSSR count). The third-order valence-corrected chi connectivity index (χ3v) is 18.6. The molecule has 61 heteroatoms. The van der Waals surface area contributed by atoms with Gasteiger partial charge in [0.1, 0.15) is 98.6 Å². The summed E-state index contributed by atoms with van der Waals surface area (Å²) in [5.74, 6) is -3.72. The number of aliphatic hydroxyl groups is 5. The Morgan fingerprint density at radius 1 is 0.396 bits per heavy atom. The number of azide groups is 4. The standard InChI is InChI=1S/C40H46N32O25P4/c41-25-13-29(53-5-49-25)69(37(57-13)61-65-45)33-21(77)17(73)9(91-33)2-88-99(81,82)96-23-19(75)11(93-35(23)71-31-15(27(43)51-7-55-31)59-39(71)63-67-47)4-90-101(85,86)97-24-20(76)12(94-36(24)72-32-16(28(44)52-8-56-32)60-40(72)64-68-48)3-89-100(83,84)95-22-18(74)10(1-87-98(78,79)80)92-34(22)70-30-14(26(42)50-6-54-30)58-38(70)62-66-46/h5-12,17-24,33-36,73-77H,1-4H2,(H,81,82)(H,83,84)(H,85,86)(H2,41,49,53)(H2,42,50,54)(H2,43,51,55)(H2,44,52,56)(H2,78,79,80). The summed E-state index contributed by atoms with van der Waals surface area (Å²) in [6.07, 6.45) is -29.8. The monoisotopic (exact) mass is 1500 g/mol. The first-order valence-corrected chi connectivity index (χ1v) is 33.8. The molecule has 4 aliphatic heterocycles. The number of anilines is 4. The van der Waals surface area contributed by atoms with E-state index in [1.165, 1.54) is 0 Å². The van der Waals surface area contributed by atoms with E-state index in [9.17, 15) is 90.4 Å². The second-order valence-electron chi connectivity index (χ2n) is 21.1. The topological polar surface area (TPSA) is 846 Å². The van der Waals surface area contributed by atoms with Crippen LogP contribution >= 0.6 is 31.3 Å². The molecule has 4 saturated heterocycles. The summed E-state index contributed by atoms with van der Waals surface area (Å²) in [6, 6.07) is 0. The van der Waals surface area contributed by atoms with Crippen molar-refractivity contribution in [3.63, 3.8) is 0 Å². The molecule has 18 N–H and O–H groups in total. The van der Waals surface area contributed by atoms with Crippen molar-refractivity contribution in [3.8, 4) is 0 Å². The number of nitrogens with zero attached hydrogens (tertiary/aromatic N) is 28. The van der Waals surface area contributed by atoms with Crippen LogP contribution in [0.2, 0.25) is 0 Å². The molecule has 4 aliphatic rings. The highest BCUT2D eigenvalue weighted by molar-refractivity contribution is 7.48. The molecular weight excluding hydrogens is 1450 g/mol. The van der Waals surface area contributed by atoms with Crippen LogP contribution in [0.15, 0.2) is 45.8 Å². The van der Waals surface area contributed by atoms with E-state index >= 15 is 0 Å². The SMILES string of the molecule is [N-]=[N+]=Nc1nc2c(N)ncnc2n1C1OC(COP(=O)(O)OC2C(O)C(COP(=O)(O)OC3C(O)C(COP(=O)(O)OC4C(O)C(COP(=O)(O)O)OC4n4c(N=[N+]=[N-])nc5c(N)ncnc54)OC3n3c(N=[N+]=[N-])nc4c(N)ncnc43)OC2n2c(N=[N+]=[N-])nc3c(N)ncnc32)C(O)C1O. The van der Waals surface area contributed by atoms with Gasteiger partial charge in [0.25, 0.3) is 0 Å². The summed E-state index contributed by atoms with van der Waals surface area (Å²) in [5, 5.41) is 71.7. The van der Waals surface area contributed by atoms with Gasteiger partial charge in [0.2, 0.25) is 23.8 Å². The maximum absolute atomic E-state index is 14.4. The summed E-state index contributed by atoms with van der Waals surface area (Å²) in [5.41, 5.74) is 59.6. The fourth-order valence-corrected chi connectivity index (χ4v) is 14.0. The number of phosphoric acid groups is 4. The maximum Gasteiger partial charge on any atom is 0.472 e. The molecule has 19 atom stereocenters. The van der Waals surface area contributed by atoms with Crippen LogP contribution in [0.1, 0.15) is 24.9 Å². The summed E-state index contributed by atoms with van der Waals surface area (Å²) in [6.45, 7) is -4.95. The van der Waals surface area contributed by atoms with Gasteiger partial charge in [0.15, 0.2) is 92.8 Å². The molecular formula is C40H46N32O25P4. The zero-order valence-electron chi connectivity index (χ0n) is 49.6. The summed E-state index contributed by atoms with van der Waals surface area (Å²) in [4.78, 5) is 112. The Labute approximate surface area is 553 Å². The van der Waals surface area contributed by atoms with Crippen LogP contribution in [0.3, 0.4) is 0 Å². The van der Waals surface area contributed by atoms with Gasteiger partial charge in [-0.25, -0.2) is 78.1 Å². The Hall–Kier alpha value is -9.28. The number of rotatable bonds is 26. The minimum Gasteiger partial charge on any atom is -0.387 e. The normalized spacial score (nSPS) is 28.5. The third-order valence-electron chi connectivity index (χ3n) is 15.2. The molecule has 8 aromatic heterocycles. The highest BCUT2D eigenvalue weighted by atomic mass is 31.2. The Morgan fingerprint density at radius 3 is 0.911 bits per heavy atom. The average molecular weight is 1500 g/mol. The third kappa shape index (κ3) is 14.0. The van der Waals surface area contributed by atoms with Crippen LogP contribution in [0.25, 0.3) is 86.4 Å². The molecule has 0 spiro atoms. The number of ether oxygens (including phenoxy) is 4. The lowest BCUT2D eigenvalue weighted by atomic mass is 10.1. The molecule has 57 nitrogen and oxygen atoms in total. The zero-order valence-corrected chi connectivity index (χ0v) is 53.2. The number of nitrogens with two attached hydrogens (primary N) is 4. The quantitative estimate of drug-likeness (QED) is 0.0140. The lowest BCUT2D eigenvalue weighted by Gasteiger charge is -2.26. The van der Waals surface area contributed by atoms with Gasteiger partial charge in [0, 0.05) is 19.6 Å². The van der Waals surface area contributed by atoms with Crippen molar-refractivity contribution < 1.29 is 119 Å². The van der Waals surface area contributed by atoms with E-state index in [0.717, 1.165) is 43.6 Å². The lowest BCUT2D eigenvalue weighted by Crippen LogP contribution is -2.37. The minimum absolute atomic E-state index is 0.118. The van der Waals surface area contributed by atoms with Crippen LogP contribution < -0.4 is 22.9 Å². The number of hydrogen-bond acceptors (Lipinski definition) is 40. The summed E-state index contributed by atoms with van der Waals surface area (Å²) < 4.78 is 118. The Bertz CT molecular complexity index is 4960. The van der Waals surface area contributed by atoms with Crippen molar-refractivity contribution in [3.05, 3.63) is 67.1 Å². The molecule has 0 radical (unpaired) electrons. The minimum atomic E-state index is -5.92. The largest absolute Gasteiger partial charge is 0.472 e. The molecule has 0 saturated carbocycles. The van der Waals surface area contributed by atoms with Gasteiger partial charge in [0.05, 0.1) is 26.4 Å². The van der Waals surface area contributed by atoms with Crippen molar-refractivity contribution in [2.45, 2.75) is 98.2 Å². The van der Waals surface area contributed by atoms with Crippen molar-refractivity contribution in [2.24, 2.45) is 20.5 Å². The van der Waals surface area contributed by atoms with Gasteiger partial charge in [-0.15, -0.1) is 0 Å². The number of aromatic nitrogens is 16. The zero-order chi connectivity index (χ0) is 72.4. The van der Waals surface area contributed by atoms with E-state index in [0.29, 0.717) is 0 Å². The Kier molecular flexibility index (Phi) is 19.8. The smallest absolute Gasteiger partial charge is 0.387 e. The first-order chi connectivity index (χ1) is 48.0. The Balaban J connectivity index is 0.804. The molecule has 19 unspecified atom stereocenters. The number of fused-ring (bicyclic) bond motifs is 4. The van der Waals surface area contributed by atoms with Gasteiger partial charge in [-0.05, 0) is 42.6 Å². The number of hydrogen-bond donors (Lipinski definition) is 14. The van der Waals surface area contributed by atoms with Crippen LogP contribution in [0.4, 0.5) is 47.1 Å². The van der Waals surface area contributed by atoms with Crippen molar-refractivity contribution in [2.75, 3.05) is 49.4 Å². The highest BCUT2D eigenvalue weighted by Gasteiger charge is 2.56. The first kappa shape index (κ1) is 71.5. The van der Waals surface area contributed by atoms with Crippen molar-refractivity contribution >= 4 is 123 Å². The van der Waals surface area contributed by atoms with E-state index in [-0.39, 0.29) is 62.3 Å². The second kappa shape index (κ2) is 27.9. The van der Waals surface area contributed by atoms with Gasteiger partial charge in [-0.2, -0.15) is 0 Å². The molecule has 0 bridgehead atoms. The van der Waals surface area contributed by atoms with Gasteiger partial charge in [-0.3, -0.25) is 49.9 Å². The van der Waals surface area contributed by atoms with Crippen molar-refractivity contribution in [1.82, 2.24) is 78.1 Å². The number of nitrogen functional groups attached to an aromatic ring is 4. The molecule has 4 fully saturated rings. The fourth-order valence-electron chi connectivity index (χ4n) is 10.9. The van der Waals surface area contributed by atoms with E-state index in [2.05, 4.69) is 104 Å². The predicted octanol–water partition coefficient (Wildman–Crippen LogP) is -0.548. The highest BCUT2D eigenvalue weighted by Crippen LogP contribution is 2.56. The molecule has 101 heavy (non-hydrogen) atoms. The average Bonchev–Trinajstić information content (AvgIpc) is 1.61. The Morgan fingerprint density at radius 2 is 0.644 bits per heavy atom. The molecule has 8 aromatic rings. The van der Waals surface area contributed by atoms with Crippen molar-refractivity contribution in [1.29, 1.82) is 0 Å². The summed E-state index contributed by atoms with van der Waals surface area (Å²) >= 11 is 0. The van der Waals surface area contributed by atoms with Crippen LogP contribution in [0, 0.1) is 0 Å². The number of aliphatic hydroxyl groups excluding tert-OH is 5. The molecule has 536 valence electrons. The van der Waals surface area contributed by atoms with E-state index in [1.807, 2.05) is 0 Å². The molecule has 0 amide bonds. The van der Waals surface area contributed by atoms with Gasteiger partial charge >= 0.3 is 31.3 Å². The van der Waals surface area contributed by atoms with E-state index in [1.54, 1.807) is 0 Å². The summed E-state index contributed by atoms with van der Waals surface area (Å²) in [7, 11) is -22.8. The van der Waals surface area contributed by atoms with E-state index in [4.69, 9.17) is 69.0 Å². The predicted molar refractivity (Wildman–Crippen MR) is 320 cm³/mol.